The van der Waals surface area contributed by atoms with Crippen LogP contribution in [0.4, 0.5) is 4.39 Å². The molecule has 0 bridgehead atoms. The Balaban J connectivity index is 1.44. The van der Waals surface area contributed by atoms with Crippen molar-refractivity contribution in [3.8, 4) is 16.9 Å². The average Bonchev–Trinajstić information content (AvgIpc) is 3.63. The number of hydrogen-bond donors (Lipinski definition) is 0. The molecule has 3 heterocycles. The number of hydrogen-bond acceptors (Lipinski definition) is 5. The zero-order valence-electron chi connectivity index (χ0n) is 24.2. The van der Waals surface area contributed by atoms with Crippen LogP contribution in [0.1, 0.15) is 71.2 Å². The molecular weight excluding hydrogens is 521 g/mol. The van der Waals surface area contributed by atoms with Crippen molar-refractivity contribution in [2.45, 2.75) is 71.9 Å². The smallest absolute Gasteiger partial charge is 0.355 e. The van der Waals surface area contributed by atoms with Crippen LogP contribution < -0.4 is 4.74 Å². The molecule has 216 valence electrons. The second-order valence-electron chi connectivity index (χ2n) is 11.0. The highest BCUT2D eigenvalue weighted by molar-refractivity contribution is 6.05. The Hall–Kier alpha value is -3.65. The van der Waals surface area contributed by atoms with Crippen LogP contribution in [0.2, 0.25) is 0 Å². The lowest BCUT2D eigenvalue weighted by molar-refractivity contribution is 0.0512. The maximum atomic E-state index is 15.9. The molecule has 0 fully saturated rings. The van der Waals surface area contributed by atoms with Crippen LogP contribution in [-0.4, -0.2) is 40.1 Å². The Morgan fingerprint density at radius 1 is 1.12 bits per heavy atom. The molecule has 2 aromatic carbocycles. The van der Waals surface area contributed by atoms with E-state index in [1.807, 2.05) is 31.5 Å². The first-order valence-corrected chi connectivity index (χ1v) is 14.8. The van der Waals surface area contributed by atoms with E-state index in [-0.39, 0.29) is 18.4 Å². The molecule has 4 aromatic rings. The molecule has 6 rings (SSSR count). The lowest BCUT2D eigenvalue weighted by atomic mass is 9.97. The monoisotopic (exact) mass is 559 g/mol. The van der Waals surface area contributed by atoms with Gasteiger partial charge in [0.15, 0.2) is 0 Å². The second-order valence-corrected chi connectivity index (χ2v) is 11.0. The summed E-state index contributed by atoms with van der Waals surface area (Å²) >= 11 is 0. The van der Waals surface area contributed by atoms with Crippen LogP contribution in [0.25, 0.3) is 22.0 Å². The fourth-order valence-electron chi connectivity index (χ4n) is 6.54. The molecule has 0 unspecified atom stereocenters. The molecule has 1 aliphatic carbocycles. The molecule has 8 heteroatoms. The Kier molecular flexibility index (Phi) is 7.84. The van der Waals surface area contributed by atoms with E-state index < -0.39 is 0 Å². The first-order valence-electron chi connectivity index (χ1n) is 14.8. The minimum absolute atomic E-state index is 0.267. The molecule has 0 atom stereocenters. The molecule has 2 aromatic heterocycles. The van der Waals surface area contributed by atoms with E-state index in [1.165, 1.54) is 23.6 Å². The van der Waals surface area contributed by atoms with Crippen molar-refractivity contribution in [2.24, 2.45) is 7.05 Å². The molecule has 0 radical (unpaired) electrons. The van der Waals surface area contributed by atoms with E-state index in [2.05, 4.69) is 23.3 Å². The van der Waals surface area contributed by atoms with E-state index in [9.17, 15) is 4.79 Å². The summed E-state index contributed by atoms with van der Waals surface area (Å²) in [5.41, 5.74) is 7.59. The molecule has 0 spiro atoms. The van der Waals surface area contributed by atoms with Crippen molar-refractivity contribution in [2.75, 3.05) is 19.8 Å². The zero-order valence-corrected chi connectivity index (χ0v) is 24.2. The Morgan fingerprint density at radius 2 is 2.00 bits per heavy atom. The van der Waals surface area contributed by atoms with Gasteiger partial charge in [-0.15, -0.1) is 0 Å². The minimum Gasteiger partial charge on any atom is -0.493 e. The van der Waals surface area contributed by atoms with Gasteiger partial charge in [-0.1, -0.05) is 12.1 Å². The van der Waals surface area contributed by atoms with Crippen LogP contribution in [0.5, 0.6) is 5.75 Å². The summed E-state index contributed by atoms with van der Waals surface area (Å²) in [6.45, 7) is 6.00. The maximum absolute atomic E-state index is 15.9. The SMILES string of the molecule is CCOC(=O)c1c(CCCOc2cccc3c2CCC3)c2ccc(F)c3c2n1CCCCOCc1nn(C)c(C)c1-3. The van der Waals surface area contributed by atoms with E-state index in [0.29, 0.717) is 56.2 Å². The van der Waals surface area contributed by atoms with Gasteiger partial charge in [0.05, 0.1) is 31.0 Å². The third-order valence-corrected chi connectivity index (χ3v) is 8.49. The summed E-state index contributed by atoms with van der Waals surface area (Å²) in [6, 6.07) is 9.64. The highest BCUT2D eigenvalue weighted by Crippen LogP contribution is 2.40. The van der Waals surface area contributed by atoms with Crippen molar-refractivity contribution in [3.63, 3.8) is 0 Å². The fraction of sp³-hybridized carbons (Fsp3) is 0.455. The molecule has 0 saturated heterocycles. The number of aryl methyl sites for hydroxylation is 4. The van der Waals surface area contributed by atoms with Gasteiger partial charge in [-0.3, -0.25) is 4.68 Å². The van der Waals surface area contributed by atoms with Gasteiger partial charge in [-0.05, 0) is 93.7 Å². The Morgan fingerprint density at radius 3 is 2.85 bits per heavy atom. The van der Waals surface area contributed by atoms with Gasteiger partial charge in [-0.25, -0.2) is 9.18 Å². The Labute approximate surface area is 240 Å². The molecule has 0 N–H and O–H groups in total. The summed E-state index contributed by atoms with van der Waals surface area (Å²) < 4.78 is 37.5. The van der Waals surface area contributed by atoms with Gasteiger partial charge < -0.3 is 18.8 Å². The largest absolute Gasteiger partial charge is 0.493 e. The predicted molar refractivity (Wildman–Crippen MR) is 156 cm³/mol. The van der Waals surface area contributed by atoms with Gasteiger partial charge in [0.2, 0.25) is 0 Å². The van der Waals surface area contributed by atoms with E-state index in [4.69, 9.17) is 14.2 Å². The van der Waals surface area contributed by atoms with E-state index in [1.54, 1.807) is 4.68 Å². The van der Waals surface area contributed by atoms with Crippen molar-refractivity contribution in [1.82, 2.24) is 14.3 Å². The third kappa shape index (κ3) is 5.03. The highest BCUT2D eigenvalue weighted by atomic mass is 19.1. The lowest BCUT2D eigenvalue weighted by Gasteiger charge is -2.14. The molecule has 1 aliphatic heterocycles. The number of carbonyl (C=O) groups is 1. The normalized spacial score (nSPS) is 14.9. The first-order chi connectivity index (χ1) is 20.0. The standard InChI is InChI=1S/C33H38FN3O4/c1-4-40-33(38)32-24(13-9-19-41-28-14-8-11-22-10-7-12-23(22)28)25-15-16-26(34)30-29-21(2)36(3)35-27(29)20-39-18-6-5-17-37(32)31(25)30/h8,11,14-16H,4-7,9-10,12-13,17-20H2,1-3H3. The van der Waals surface area contributed by atoms with Crippen molar-refractivity contribution in [1.29, 1.82) is 0 Å². The number of nitrogens with zero attached hydrogens (tertiary/aromatic N) is 3. The number of aromatic nitrogens is 3. The average molecular weight is 560 g/mol. The Bertz CT molecular complexity index is 1600. The van der Waals surface area contributed by atoms with Crippen molar-refractivity contribution in [3.05, 3.63) is 69.9 Å². The number of halogens is 1. The van der Waals surface area contributed by atoms with Crippen molar-refractivity contribution < 1.29 is 23.4 Å². The first kappa shape index (κ1) is 27.5. The quantitative estimate of drug-likeness (QED) is 0.192. The van der Waals surface area contributed by atoms with Gasteiger partial charge in [-0.2, -0.15) is 5.10 Å². The van der Waals surface area contributed by atoms with Gasteiger partial charge in [0, 0.05) is 42.4 Å². The second kappa shape index (κ2) is 11.7. The zero-order chi connectivity index (χ0) is 28.5. The number of benzene rings is 2. The minimum atomic E-state index is -0.374. The lowest BCUT2D eigenvalue weighted by Crippen LogP contribution is -2.15. The van der Waals surface area contributed by atoms with Gasteiger partial charge in [0.25, 0.3) is 0 Å². The fourth-order valence-corrected chi connectivity index (χ4v) is 6.54. The predicted octanol–water partition coefficient (Wildman–Crippen LogP) is 6.48. The van der Waals surface area contributed by atoms with Crippen LogP contribution in [0, 0.1) is 12.7 Å². The maximum Gasteiger partial charge on any atom is 0.355 e. The molecule has 0 saturated carbocycles. The van der Waals surface area contributed by atoms with E-state index in [0.717, 1.165) is 59.2 Å². The summed E-state index contributed by atoms with van der Waals surface area (Å²) in [4.78, 5) is 13.5. The molecular formula is C33H38FN3O4. The number of carbonyl (C=O) groups excluding carboxylic acids is 1. The number of ether oxygens (including phenoxy) is 3. The highest BCUT2D eigenvalue weighted by Gasteiger charge is 2.30. The van der Waals surface area contributed by atoms with Crippen LogP contribution in [0.3, 0.4) is 0 Å². The summed E-state index contributed by atoms with van der Waals surface area (Å²) in [5.74, 6) is 0.255. The summed E-state index contributed by atoms with van der Waals surface area (Å²) in [6.07, 6.45) is 6.27. The molecule has 7 nitrogen and oxygen atoms in total. The van der Waals surface area contributed by atoms with Crippen LogP contribution >= 0.6 is 0 Å². The molecule has 2 aliphatic rings. The van der Waals surface area contributed by atoms with Gasteiger partial charge >= 0.3 is 5.97 Å². The number of fused-ring (bicyclic) bond motifs is 3. The topological polar surface area (TPSA) is 67.5 Å². The third-order valence-electron chi connectivity index (χ3n) is 8.49. The van der Waals surface area contributed by atoms with Crippen LogP contribution in [-0.2, 0) is 48.9 Å². The van der Waals surface area contributed by atoms with Crippen LogP contribution in [0.15, 0.2) is 30.3 Å². The number of esters is 1. The summed E-state index contributed by atoms with van der Waals surface area (Å²) in [7, 11) is 1.86. The van der Waals surface area contributed by atoms with Gasteiger partial charge in [0.1, 0.15) is 17.3 Å². The number of rotatable bonds is 7. The molecule has 0 amide bonds. The van der Waals surface area contributed by atoms with E-state index >= 15 is 4.39 Å². The summed E-state index contributed by atoms with van der Waals surface area (Å²) in [5, 5.41) is 5.55. The molecule has 41 heavy (non-hydrogen) atoms. The van der Waals surface area contributed by atoms with Crippen molar-refractivity contribution >= 4 is 16.9 Å².